The number of aromatic nitrogens is 1. The predicted octanol–water partition coefficient (Wildman–Crippen LogP) is 2.07. The van der Waals surface area contributed by atoms with Gasteiger partial charge in [0, 0.05) is 25.7 Å². The van der Waals surface area contributed by atoms with Crippen molar-refractivity contribution in [3.8, 4) is 0 Å². The molecule has 1 heterocycles. The van der Waals surface area contributed by atoms with Gasteiger partial charge in [0.25, 0.3) is 0 Å². The normalized spacial score (nSPS) is 9.92. The van der Waals surface area contributed by atoms with E-state index in [0.717, 1.165) is 12.4 Å². The van der Waals surface area contributed by atoms with Gasteiger partial charge in [-0.2, -0.15) is 0 Å². The summed E-state index contributed by atoms with van der Waals surface area (Å²) in [7, 11) is 2.00. The molecule has 0 unspecified atom stereocenters. The van der Waals surface area contributed by atoms with E-state index in [1.54, 1.807) is 6.20 Å². The predicted molar refractivity (Wildman–Crippen MR) is 53.0 cm³/mol. The summed E-state index contributed by atoms with van der Waals surface area (Å²) in [5.41, 5.74) is 1.19. The molecule has 0 aromatic carbocycles. The SMILES string of the molecule is Cc1cccnc1N(C)CCCl. The first-order chi connectivity index (χ1) is 5.75. The maximum absolute atomic E-state index is 5.63. The van der Waals surface area contributed by atoms with Gasteiger partial charge in [-0.05, 0) is 18.6 Å². The Labute approximate surface area is 78.2 Å². The lowest BCUT2D eigenvalue weighted by Crippen LogP contribution is -2.21. The summed E-state index contributed by atoms with van der Waals surface area (Å²) in [6.07, 6.45) is 1.80. The van der Waals surface area contributed by atoms with E-state index in [2.05, 4.69) is 9.88 Å². The molecule has 0 aliphatic rings. The lowest BCUT2D eigenvalue weighted by Gasteiger charge is -2.18. The molecule has 0 saturated heterocycles. The molecule has 2 nitrogen and oxygen atoms in total. The largest absolute Gasteiger partial charge is 0.358 e. The summed E-state index contributed by atoms with van der Waals surface area (Å²) in [6, 6.07) is 3.99. The Morgan fingerprint density at radius 2 is 2.33 bits per heavy atom. The molecule has 12 heavy (non-hydrogen) atoms. The van der Waals surface area contributed by atoms with Crippen molar-refractivity contribution < 1.29 is 0 Å². The van der Waals surface area contributed by atoms with Crippen molar-refractivity contribution in [2.45, 2.75) is 6.92 Å². The van der Waals surface area contributed by atoms with E-state index >= 15 is 0 Å². The number of rotatable bonds is 3. The Bertz CT molecular complexity index is 250. The van der Waals surface area contributed by atoms with Gasteiger partial charge in [0.05, 0.1) is 0 Å². The maximum Gasteiger partial charge on any atom is 0.131 e. The highest BCUT2D eigenvalue weighted by Crippen LogP contribution is 2.13. The van der Waals surface area contributed by atoms with Crippen LogP contribution < -0.4 is 4.90 Å². The minimum atomic E-state index is 0.631. The average Bonchev–Trinajstić information content (AvgIpc) is 2.05. The van der Waals surface area contributed by atoms with Crippen LogP contribution >= 0.6 is 11.6 Å². The Balaban J connectivity index is 2.79. The highest BCUT2D eigenvalue weighted by atomic mass is 35.5. The van der Waals surface area contributed by atoms with Crippen molar-refractivity contribution in [3.63, 3.8) is 0 Å². The highest BCUT2D eigenvalue weighted by molar-refractivity contribution is 6.18. The number of halogens is 1. The molecule has 0 aliphatic carbocycles. The molecule has 0 saturated carbocycles. The molecule has 1 aromatic rings. The van der Waals surface area contributed by atoms with E-state index < -0.39 is 0 Å². The van der Waals surface area contributed by atoms with Crippen LogP contribution in [0.3, 0.4) is 0 Å². The minimum absolute atomic E-state index is 0.631. The summed E-state index contributed by atoms with van der Waals surface area (Å²) >= 11 is 5.63. The van der Waals surface area contributed by atoms with Gasteiger partial charge in [0.1, 0.15) is 5.82 Å². The van der Waals surface area contributed by atoms with E-state index in [4.69, 9.17) is 11.6 Å². The zero-order valence-electron chi connectivity index (χ0n) is 7.42. The Hall–Kier alpha value is -0.760. The third-order valence-corrected chi connectivity index (χ3v) is 1.93. The summed E-state index contributed by atoms with van der Waals surface area (Å²) in [6.45, 7) is 2.88. The van der Waals surface area contributed by atoms with Crippen molar-refractivity contribution in [1.82, 2.24) is 4.98 Å². The molecule has 0 aliphatic heterocycles. The Morgan fingerprint density at radius 3 is 2.92 bits per heavy atom. The molecular formula is C9H13ClN2. The van der Waals surface area contributed by atoms with Crippen LogP contribution in [0.5, 0.6) is 0 Å². The van der Waals surface area contributed by atoms with Gasteiger partial charge >= 0.3 is 0 Å². The highest BCUT2D eigenvalue weighted by Gasteiger charge is 2.02. The molecule has 0 N–H and O–H groups in total. The fourth-order valence-corrected chi connectivity index (χ4v) is 1.36. The fraction of sp³-hybridized carbons (Fsp3) is 0.444. The van der Waals surface area contributed by atoms with E-state index in [1.165, 1.54) is 5.56 Å². The van der Waals surface area contributed by atoms with Crippen molar-refractivity contribution in [1.29, 1.82) is 0 Å². The number of pyridine rings is 1. The Kier molecular flexibility index (Phi) is 3.35. The number of aryl methyl sites for hydroxylation is 1. The van der Waals surface area contributed by atoms with Crippen LogP contribution in [0.2, 0.25) is 0 Å². The summed E-state index contributed by atoms with van der Waals surface area (Å²) in [5.74, 6) is 1.64. The van der Waals surface area contributed by atoms with Crippen LogP contribution in [0.4, 0.5) is 5.82 Å². The van der Waals surface area contributed by atoms with E-state index in [0.29, 0.717) is 5.88 Å². The number of alkyl halides is 1. The van der Waals surface area contributed by atoms with Crippen molar-refractivity contribution in [3.05, 3.63) is 23.9 Å². The van der Waals surface area contributed by atoms with Crippen LogP contribution in [0.1, 0.15) is 5.56 Å². The Morgan fingerprint density at radius 1 is 1.58 bits per heavy atom. The van der Waals surface area contributed by atoms with E-state index in [-0.39, 0.29) is 0 Å². The molecule has 1 aromatic heterocycles. The number of hydrogen-bond donors (Lipinski definition) is 0. The second kappa shape index (κ2) is 4.31. The standard InChI is InChI=1S/C9H13ClN2/c1-8-4-3-6-11-9(8)12(2)7-5-10/h3-4,6H,5,7H2,1-2H3. The van der Waals surface area contributed by atoms with Crippen LogP contribution in [-0.2, 0) is 0 Å². The summed E-state index contributed by atoms with van der Waals surface area (Å²) in [5, 5.41) is 0. The molecule has 0 amide bonds. The van der Waals surface area contributed by atoms with Crippen LogP contribution in [-0.4, -0.2) is 24.5 Å². The molecule has 3 heteroatoms. The lowest BCUT2D eigenvalue weighted by atomic mass is 10.3. The monoisotopic (exact) mass is 184 g/mol. The number of anilines is 1. The molecule has 1 rings (SSSR count). The van der Waals surface area contributed by atoms with Gasteiger partial charge in [0.15, 0.2) is 0 Å². The molecular weight excluding hydrogens is 172 g/mol. The summed E-state index contributed by atoms with van der Waals surface area (Å²) < 4.78 is 0. The van der Waals surface area contributed by atoms with Crippen LogP contribution in [0.25, 0.3) is 0 Å². The molecule has 0 radical (unpaired) electrons. The second-order valence-electron chi connectivity index (χ2n) is 2.75. The first-order valence-corrected chi connectivity index (χ1v) is 4.48. The molecule has 0 atom stereocenters. The van der Waals surface area contributed by atoms with Gasteiger partial charge in [-0.3, -0.25) is 0 Å². The van der Waals surface area contributed by atoms with Crippen molar-refractivity contribution >= 4 is 17.4 Å². The van der Waals surface area contributed by atoms with Crippen LogP contribution in [0.15, 0.2) is 18.3 Å². The second-order valence-corrected chi connectivity index (χ2v) is 3.13. The lowest BCUT2D eigenvalue weighted by molar-refractivity contribution is 0.934. The van der Waals surface area contributed by atoms with Gasteiger partial charge in [0.2, 0.25) is 0 Å². The minimum Gasteiger partial charge on any atom is -0.358 e. The maximum atomic E-state index is 5.63. The van der Waals surface area contributed by atoms with Gasteiger partial charge in [-0.25, -0.2) is 4.98 Å². The zero-order chi connectivity index (χ0) is 8.97. The van der Waals surface area contributed by atoms with Gasteiger partial charge in [-0.1, -0.05) is 6.07 Å². The van der Waals surface area contributed by atoms with Crippen molar-refractivity contribution in [2.75, 3.05) is 24.4 Å². The first kappa shape index (κ1) is 9.33. The fourth-order valence-electron chi connectivity index (χ4n) is 1.11. The quantitative estimate of drug-likeness (QED) is 0.669. The smallest absolute Gasteiger partial charge is 0.131 e. The first-order valence-electron chi connectivity index (χ1n) is 3.94. The molecule has 0 fully saturated rings. The molecule has 66 valence electrons. The average molecular weight is 185 g/mol. The van der Waals surface area contributed by atoms with Gasteiger partial charge in [-0.15, -0.1) is 11.6 Å². The van der Waals surface area contributed by atoms with Crippen molar-refractivity contribution in [2.24, 2.45) is 0 Å². The molecule has 0 bridgehead atoms. The van der Waals surface area contributed by atoms with Crippen LogP contribution in [0, 0.1) is 6.92 Å². The third kappa shape index (κ3) is 2.11. The topological polar surface area (TPSA) is 16.1 Å². The molecule has 0 spiro atoms. The van der Waals surface area contributed by atoms with E-state index in [1.807, 2.05) is 26.1 Å². The summed E-state index contributed by atoms with van der Waals surface area (Å²) in [4.78, 5) is 6.32. The zero-order valence-corrected chi connectivity index (χ0v) is 8.17. The van der Waals surface area contributed by atoms with E-state index in [9.17, 15) is 0 Å². The number of hydrogen-bond acceptors (Lipinski definition) is 2. The third-order valence-electron chi connectivity index (χ3n) is 1.76. The number of nitrogens with zero attached hydrogens (tertiary/aromatic N) is 2. The van der Waals surface area contributed by atoms with Gasteiger partial charge < -0.3 is 4.90 Å².